The Morgan fingerprint density at radius 2 is 2.13 bits per heavy atom. The number of thiophene rings is 1. The molecule has 3 aromatic rings. The van der Waals surface area contributed by atoms with Crippen LogP contribution in [0, 0.1) is 12.8 Å². The van der Waals surface area contributed by atoms with Crippen LogP contribution in [0.3, 0.4) is 0 Å². The smallest absolute Gasteiger partial charge is 0.310 e. The summed E-state index contributed by atoms with van der Waals surface area (Å²) in [5, 5.41) is 13.5. The minimum atomic E-state index is -0.273. The van der Waals surface area contributed by atoms with Crippen LogP contribution in [-0.2, 0) is 9.53 Å². The summed E-state index contributed by atoms with van der Waals surface area (Å²) in [5.74, 6) is -0.606. The normalized spacial score (nSPS) is 16.5. The zero-order valence-electron chi connectivity index (χ0n) is 16.9. The Labute approximate surface area is 178 Å². The van der Waals surface area contributed by atoms with Crippen LogP contribution in [0.25, 0.3) is 16.1 Å². The number of esters is 1. The summed E-state index contributed by atoms with van der Waals surface area (Å²) in [4.78, 5) is 28.3. The number of carbonyl (C=O) groups excluding carboxylic acids is 2. The Bertz CT molecular complexity index is 1050. The molecule has 0 bridgehead atoms. The van der Waals surface area contributed by atoms with E-state index in [1.165, 1.54) is 11.9 Å². The highest BCUT2D eigenvalue weighted by Crippen LogP contribution is 2.30. The molecule has 1 amide bonds. The molecular formula is C21H23N5O3S. The molecule has 0 radical (unpaired) electrons. The number of rotatable bonds is 5. The molecule has 1 fully saturated rings. The molecule has 1 aliphatic heterocycles. The van der Waals surface area contributed by atoms with Crippen molar-refractivity contribution in [3.05, 3.63) is 47.1 Å². The minimum Gasteiger partial charge on any atom is -0.466 e. The Balaban J connectivity index is 1.66. The molecule has 8 nitrogen and oxygen atoms in total. The van der Waals surface area contributed by atoms with Crippen LogP contribution in [-0.4, -0.2) is 56.7 Å². The molecule has 2 aromatic heterocycles. The van der Waals surface area contributed by atoms with Gasteiger partial charge in [0.1, 0.15) is 6.33 Å². The number of nitrogens with zero attached hydrogens (tertiary/aromatic N) is 5. The molecule has 3 heterocycles. The van der Waals surface area contributed by atoms with Gasteiger partial charge in [-0.15, -0.1) is 16.4 Å². The molecule has 4 rings (SSSR count). The van der Waals surface area contributed by atoms with E-state index < -0.39 is 0 Å². The van der Waals surface area contributed by atoms with Gasteiger partial charge in [0.25, 0.3) is 5.91 Å². The first-order chi connectivity index (χ1) is 14.5. The van der Waals surface area contributed by atoms with E-state index in [1.807, 2.05) is 19.1 Å². The standard InChI is InChI=1S/C21H23N5O3S/c1-3-29-21(28)15-5-4-6-25(11-15)20(27)17-8-16(19-7-14(2)12-30-19)9-18(10-17)26-13-22-23-24-26/h7-10,12-13,15H,3-6,11H2,1-2H3/t15-/m0/s1. The molecule has 1 aromatic carbocycles. The second-order valence-electron chi connectivity index (χ2n) is 7.35. The number of benzene rings is 1. The molecule has 0 aliphatic carbocycles. The maximum absolute atomic E-state index is 13.4. The van der Waals surface area contributed by atoms with Crippen LogP contribution >= 0.6 is 11.3 Å². The van der Waals surface area contributed by atoms with E-state index in [1.54, 1.807) is 33.9 Å². The summed E-state index contributed by atoms with van der Waals surface area (Å²) in [7, 11) is 0. The molecule has 30 heavy (non-hydrogen) atoms. The summed E-state index contributed by atoms with van der Waals surface area (Å²) < 4.78 is 6.70. The maximum atomic E-state index is 13.4. The molecular weight excluding hydrogens is 402 g/mol. The monoisotopic (exact) mass is 425 g/mol. The zero-order valence-corrected chi connectivity index (χ0v) is 17.8. The quantitative estimate of drug-likeness (QED) is 0.584. The van der Waals surface area contributed by atoms with Gasteiger partial charge in [0, 0.05) is 23.5 Å². The Morgan fingerprint density at radius 3 is 2.83 bits per heavy atom. The highest BCUT2D eigenvalue weighted by atomic mass is 32.1. The third kappa shape index (κ3) is 4.25. The van der Waals surface area contributed by atoms with Gasteiger partial charge in [0.15, 0.2) is 0 Å². The van der Waals surface area contributed by atoms with Crippen LogP contribution in [0.5, 0.6) is 0 Å². The predicted molar refractivity (Wildman–Crippen MR) is 112 cm³/mol. The molecule has 1 atom stereocenters. The van der Waals surface area contributed by atoms with Gasteiger partial charge in [-0.1, -0.05) is 0 Å². The molecule has 0 N–H and O–H groups in total. The lowest BCUT2D eigenvalue weighted by Crippen LogP contribution is -2.42. The topological polar surface area (TPSA) is 90.2 Å². The van der Waals surface area contributed by atoms with Gasteiger partial charge >= 0.3 is 5.97 Å². The number of ether oxygens (including phenoxy) is 1. The maximum Gasteiger partial charge on any atom is 0.310 e. The van der Waals surface area contributed by atoms with Gasteiger partial charge in [0.05, 0.1) is 18.2 Å². The molecule has 156 valence electrons. The van der Waals surface area contributed by atoms with Gasteiger partial charge in [0.2, 0.25) is 0 Å². The number of piperidine rings is 1. The van der Waals surface area contributed by atoms with Gasteiger partial charge in [-0.2, -0.15) is 0 Å². The van der Waals surface area contributed by atoms with Crippen molar-refractivity contribution in [2.75, 3.05) is 19.7 Å². The SMILES string of the molecule is CCOC(=O)[C@H]1CCCN(C(=O)c2cc(-c3cc(C)cs3)cc(-n3cnnn3)c2)C1. The van der Waals surface area contributed by atoms with Crippen molar-refractivity contribution in [1.29, 1.82) is 0 Å². The van der Waals surface area contributed by atoms with E-state index >= 15 is 0 Å². The first-order valence-electron chi connectivity index (χ1n) is 9.95. The van der Waals surface area contributed by atoms with E-state index in [-0.39, 0.29) is 17.8 Å². The number of likely N-dealkylation sites (tertiary alicyclic amines) is 1. The summed E-state index contributed by atoms with van der Waals surface area (Å²) in [6.07, 6.45) is 3.02. The molecule has 1 aliphatic rings. The van der Waals surface area contributed by atoms with Crippen LogP contribution in [0.4, 0.5) is 0 Å². The number of aryl methyl sites for hydroxylation is 1. The van der Waals surface area contributed by atoms with Crippen molar-refractivity contribution in [2.45, 2.75) is 26.7 Å². The van der Waals surface area contributed by atoms with Crippen LogP contribution in [0.2, 0.25) is 0 Å². The van der Waals surface area contributed by atoms with Crippen molar-refractivity contribution >= 4 is 23.2 Å². The number of amides is 1. The predicted octanol–water partition coefficient (Wildman–Crippen LogP) is 3.11. The molecule has 0 unspecified atom stereocenters. The van der Waals surface area contributed by atoms with Gasteiger partial charge < -0.3 is 9.64 Å². The lowest BCUT2D eigenvalue weighted by molar-refractivity contribution is -0.149. The summed E-state index contributed by atoms with van der Waals surface area (Å²) in [5.41, 5.74) is 3.37. The lowest BCUT2D eigenvalue weighted by Gasteiger charge is -2.31. The van der Waals surface area contributed by atoms with E-state index in [4.69, 9.17) is 4.74 Å². The number of carbonyl (C=O) groups is 2. The number of hydrogen-bond acceptors (Lipinski definition) is 7. The Hall–Kier alpha value is -3.07. The minimum absolute atomic E-state index is 0.103. The van der Waals surface area contributed by atoms with Gasteiger partial charge in [-0.05, 0) is 77.9 Å². The fourth-order valence-electron chi connectivity index (χ4n) is 3.67. The molecule has 1 saturated heterocycles. The third-order valence-electron chi connectivity index (χ3n) is 5.12. The van der Waals surface area contributed by atoms with Crippen molar-refractivity contribution < 1.29 is 14.3 Å². The lowest BCUT2D eigenvalue weighted by atomic mass is 9.97. The number of hydrogen-bond donors (Lipinski definition) is 0. The van der Waals surface area contributed by atoms with E-state index in [0.717, 1.165) is 23.3 Å². The van der Waals surface area contributed by atoms with E-state index in [9.17, 15) is 9.59 Å². The van der Waals surface area contributed by atoms with Crippen LogP contribution < -0.4 is 0 Å². The summed E-state index contributed by atoms with van der Waals surface area (Å²) >= 11 is 1.63. The van der Waals surface area contributed by atoms with E-state index in [2.05, 4.69) is 27.0 Å². The van der Waals surface area contributed by atoms with Crippen molar-refractivity contribution in [3.63, 3.8) is 0 Å². The third-order valence-corrected chi connectivity index (χ3v) is 6.22. The molecule has 0 spiro atoms. The number of tetrazole rings is 1. The summed E-state index contributed by atoms with van der Waals surface area (Å²) in [6, 6.07) is 7.75. The van der Waals surface area contributed by atoms with Crippen molar-refractivity contribution in [1.82, 2.24) is 25.1 Å². The average molecular weight is 426 g/mol. The first kappa shape index (κ1) is 20.2. The Kier molecular flexibility index (Phi) is 5.89. The van der Waals surface area contributed by atoms with E-state index in [0.29, 0.717) is 30.9 Å². The second kappa shape index (κ2) is 8.74. The van der Waals surface area contributed by atoms with Crippen LogP contribution in [0.1, 0.15) is 35.7 Å². The van der Waals surface area contributed by atoms with Crippen molar-refractivity contribution in [2.24, 2.45) is 5.92 Å². The molecule has 9 heteroatoms. The number of aromatic nitrogens is 4. The average Bonchev–Trinajstić information content (AvgIpc) is 3.45. The highest BCUT2D eigenvalue weighted by Gasteiger charge is 2.30. The highest BCUT2D eigenvalue weighted by molar-refractivity contribution is 7.13. The largest absolute Gasteiger partial charge is 0.466 e. The van der Waals surface area contributed by atoms with Crippen LogP contribution in [0.15, 0.2) is 36.0 Å². The second-order valence-corrected chi connectivity index (χ2v) is 8.26. The summed E-state index contributed by atoms with van der Waals surface area (Å²) in [6.45, 7) is 5.18. The van der Waals surface area contributed by atoms with Gasteiger partial charge in [-0.3, -0.25) is 9.59 Å². The zero-order chi connectivity index (χ0) is 21.1. The fraction of sp³-hybridized carbons (Fsp3) is 0.381. The van der Waals surface area contributed by atoms with Gasteiger partial charge in [-0.25, -0.2) is 4.68 Å². The fourth-order valence-corrected chi connectivity index (χ4v) is 4.56. The Morgan fingerprint density at radius 1 is 1.27 bits per heavy atom. The molecule has 0 saturated carbocycles. The first-order valence-corrected chi connectivity index (χ1v) is 10.8. The van der Waals surface area contributed by atoms with Crippen molar-refractivity contribution in [3.8, 4) is 16.1 Å².